The van der Waals surface area contributed by atoms with Crippen LogP contribution in [0, 0.1) is 0 Å². The first-order valence-corrected chi connectivity index (χ1v) is 14.4. The lowest BCUT2D eigenvalue weighted by atomic mass is 9.78. The van der Waals surface area contributed by atoms with Crippen molar-refractivity contribution >= 4 is 11.8 Å². The predicted octanol–water partition coefficient (Wildman–Crippen LogP) is 6.08. The van der Waals surface area contributed by atoms with E-state index in [1.165, 1.54) is 0 Å². The monoisotopic (exact) mass is 556 g/mol. The molecule has 0 bridgehead atoms. The van der Waals surface area contributed by atoms with Crippen molar-refractivity contribution in [2.24, 2.45) is 0 Å². The summed E-state index contributed by atoms with van der Waals surface area (Å²) < 4.78 is 11.4. The van der Waals surface area contributed by atoms with Crippen LogP contribution in [0.15, 0.2) is 72.8 Å². The van der Waals surface area contributed by atoms with Crippen LogP contribution in [0.1, 0.15) is 80.1 Å². The van der Waals surface area contributed by atoms with E-state index in [1.807, 2.05) is 77.7 Å². The largest absolute Gasteiger partial charge is 0.496 e. The van der Waals surface area contributed by atoms with Crippen LogP contribution in [0.3, 0.4) is 0 Å². The third-order valence-electron chi connectivity index (χ3n) is 7.70. The molecule has 1 N–H and O–H groups in total. The molecule has 0 spiro atoms. The lowest BCUT2D eigenvalue weighted by molar-refractivity contribution is -0.137. The van der Waals surface area contributed by atoms with Gasteiger partial charge in [0.15, 0.2) is 0 Å². The van der Waals surface area contributed by atoms with Gasteiger partial charge in [0.2, 0.25) is 5.91 Å². The van der Waals surface area contributed by atoms with Crippen molar-refractivity contribution in [3.05, 3.63) is 101 Å². The third-order valence-corrected chi connectivity index (χ3v) is 7.70. The van der Waals surface area contributed by atoms with Gasteiger partial charge in [-0.05, 0) is 34.1 Å². The van der Waals surface area contributed by atoms with Gasteiger partial charge in [0.25, 0.3) is 5.91 Å². The smallest absolute Gasteiger partial charge is 0.251 e. The van der Waals surface area contributed by atoms with Gasteiger partial charge in [-0.2, -0.15) is 0 Å². The highest BCUT2D eigenvalue weighted by Gasteiger charge is 2.37. The Morgan fingerprint density at radius 2 is 1.27 bits per heavy atom. The van der Waals surface area contributed by atoms with Crippen LogP contribution < -0.4 is 10.1 Å². The maximum absolute atomic E-state index is 14.2. The fourth-order valence-electron chi connectivity index (χ4n) is 5.48. The molecule has 0 aliphatic carbocycles. The number of nitrogens with one attached hydrogen (secondary N) is 1. The van der Waals surface area contributed by atoms with Crippen LogP contribution in [0.25, 0.3) is 0 Å². The molecule has 1 aliphatic rings. The Hall–Kier alpha value is -3.64. The first-order chi connectivity index (χ1) is 19.4. The topological polar surface area (TPSA) is 67.9 Å². The lowest BCUT2D eigenvalue weighted by Gasteiger charge is -2.35. The van der Waals surface area contributed by atoms with Gasteiger partial charge < -0.3 is 19.7 Å². The van der Waals surface area contributed by atoms with E-state index >= 15 is 0 Å². The summed E-state index contributed by atoms with van der Waals surface area (Å²) in [7, 11) is 1.68. The van der Waals surface area contributed by atoms with Gasteiger partial charge in [0.1, 0.15) is 11.8 Å². The summed E-state index contributed by atoms with van der Waals surface area (Å²) in [5.74, 6) is 0.0279. The van der Waals surface area contributed by atoms with Crippen molar-refractivity contribution in [1.82, 2.24) is 10.2 Å². The van der Waals surface area contributed by atoms with E-state index in [0.29, 0.717) is 31.9 Å². The highest BCUT2D eigenvalue weighted by Crippen LogP contribution is 2.40. The van der Waals surface area contributed by atoms with Gasteiger partial charge >= 0.3 is 0 Å². The molecule has 2 amide bonds. The number of hydrogen-bond acceptors (Lipinski definition) is 4. The zero-order valence-electron chi connectivity index (χ0n) is 25.5. The van der Waals surface area contributed by atoms with Crippen LogP contribution in [-0.4, -0.2) is 56.2 Å². The Morgan fingerprint density at radius 1 is 0.805 bits per heavy atom. The Kier molecular flexibility index (Phi) is 9.23. The highest BCUT2D eigenvalue weighted by atomic mass is 16.5. The molecule has 3 aromatic carbocycles. The second kappa shape index (κ2) is 12.5. The molecule has 1 saturated heterocycles. The van der Waals surface area contributed by atoms with Crippen LogP contribution in [0.5, 0.6) is 5.75 Å². The maximum Gasteiger partial charge on any atom is 0.251 e. The number of nitrogens with zero attached hydrogens (tertiary/aromatic N) is 1. The predicted molar refractivity (Wildman–Crippen MR) is 164 cm³/mol. The van der Waals surface area contributed by atoms with Gasteiger partial charge in [0, 0.05) is 35.7 Å². The molecule has 3 aromatic rings. The standard InChI is InChI=1S/C35H44N2O4/c1-34(2,3)27-22-26(23-28(31(27)40-7)35(4,5)6)32(38)36-30(33(39)37-18-20-41-21-19-37)29(24-14-10-8-11-15-24)25-16-12-9-13-17-25/h8-17,22-23,29-30H,18-21H2,1-7H3,(H,36,38). The molecule has 0 saturated carbocycles. The highest BCUT2D eigenvalue weighted by molar-refractivity contribution is 5.99. The Balaban J connectivity index is 1.84. The van der Waals surface area contributed by atoms with Crippen LogP contribution >= 0.6 is 0 Å². The summed E-state index contributed by atoms with van der Waals surface area (Å²) in [6, 6.07) is 22.9. The van der Waals surface area contributed by atoms with E-state index in [1.54, 1.807) is 7.11 Å². The number of hydrogen-bond donors (Lipinski definition) is 1. The molecular weight excluding hydrogens is 512 g/mol. The van der Waals surface area contributed by atoms with E-state index in [0.717, 1.165) is 28.0 Å². The van der Waals surface area contributed by atoms with E-state index in [9.17, 15) is 9.59 Å². The number of methoxy groups -OCH3 is 1. The van der Waals surface area contributed by atoms with Gasteiger partial charge in [-0.1, -0.05) is 102 Å². The average molecular weight is 557 g/mol. The summed E-state index contributed by atoms with van der Waals surface area (Å²) in [4.78, 5) is 30.3. The van der Waals surface area contributed by atoms with Crippen molar-refractivity contribution < 1.29 is 19.1 Å². The van der Waals surface area contributed by atoms with Gasteiger partial charge in [-0.15, -0.1) is 0 Å². The van der Waals surface area contributed by atoms with Gasteiger partial charge in [0.05, 0.1) is 20.3 Å². The molecule has 6 nitrogen and oxygen atoms in total. The van der Waals surface area contributed by atoms with E-state index in [4.69, 9.17) is 9.47 Å². The number of benzene rings is 3. The van der Waals surface area contributed by atoms with Crippen LogP contribution in [0.4, 0.5) is 0 Å². The Morgan fingerprint density at radius 3 is 1.68 bits per heavy atom. The summed E-state index contributed by atoms with van der Waals surface area (Å²) in [5, 5.41) is 3.21. The number of ether oxygens (including phenoxy) is 2. The molecule has 1 heterocycles. The summed E-state index contributed by atoms with van der Waals surface area (Å²) in [6.07, 6.45) is 0. The number of amides is 2. The summed E-state index contributed by atoms with van der Waals surface area (Å²) in [6.45, 7) is 14.6. The second-order valence-corrected chi connectivity index (χ2v) is 12.8. The van der Waals surface area contributed by atoms with Crippen LogP contribution in [0.2, 0.25) is 0 Å². The van der Waals surface area contributed by atoms with Crippen molar-refractivity contribution in [2.45, 2.75) is 64.3 Å². The second-order valence-electron chi connectivity index (χ2n) is 12.8. The van der Waals surface area contributed by atoms with E-state index < -0.39 is 6.04 Å². The zero-order chi connectivity index (χ0) is 29.8. The number of carbonyl (C=O) groups is 2. The molecule has 41 heavy (non-hydrogen) atoms. The number of rotatable bonds is 7. The molecule has 0 aromatic heterocycles. The molecule has 4 rings (SSSR count). The molecule has 218 valence electrons. The first kappa shape index (κ1) is 30.3. The van der Waals surface area contributed by atoms with Crippen molar-refractivity contribution in [2.75, 3.05) is 33.4 Å². The lowest BCUT2D eigenvalue weighted by Crippen LogP contribution is -2.54. The van der Waals surface area contributed by atoms with E-state index in [-0.39, 0.29) is 28.6 Å². The Labute approximate surface area is 245 Å². The average Bonchev–Trinajstić information content (AvgIpc) is 2.96. The minimum atomic E-state index is -0.816. The molecule has 1 aliphatic heterocycles. The summed E-state index contributed by atoms with van der Waals surface area (Å²) in [5.41, 5.74) is 3.83. The molecular formula is C35H44N2O4. The first-order valence-electron chi connectivity index (χ1n) is 14.4. The molecule has 0 radical (unpaired) electrons. The Bertz CT molecular complexity index is 1260. The maximum atomic E-state index is 14.2. The third kappa shape index (κ3) is 6.99. The van der Waals surface area contributed by atoms with Crippen LogP contribution in [-0.2, 0) is 20.4 Å². The number of morpholine rings is 1. The zero-order valence-corrected chi connectivity index (χ0v) is 25.5. The van der Waals surface area contributed by atoms with E-state index in [2.05, 4.69) is 46.9 Å². The van der Waals surface area contributed by atoms with Gasteiger partial charge in [-0.25, -0.2) is 0 Å². The fourth-order valence-corrected chi connectivity index (χ4v) is 5.48. The SMILES string of the molecule is COc1c(C(C)(C)C)cc(C(=O)NC(C(=O)N2CCOCC2)C(c2ccccc2)c2ccccc2)cc1C(C)(C)C. The van der Waals surface area contributed by atoms with Crippen molar-refractivity contribution in [3.63, 3.8) is 0 Å². The molecule has 6 heteroatoms. The van der Waals surface area contributed by atoms with Crippen molar-refractivity contribution in [3.8, 4) is 5.75 Å². The quantitative estimate of drug-likeness (QED) is 0.383. The molecule has 1 fully saturated rings. The normalized spacial score (nSPS) is 15.0. The number of carbonyl (C=O) groups excluding carboxylic acids is 2. The molecule has 1 unspecified atom stereocenters. The van der Waals surface area contributed by atoms with Gasteiger partial charge in [-0.3, -0.25) is 9.59 Å². The minimum absolute atomic E-state index is 0.111. The van der Waals surface area contributed by atoms with Crippen molar-refractivity contribution in [1.29, 1.82) is 0 Å². The minimum Gasteiger partial charge on any atom is -0.496 e. The fraction of sp³-hybridized carbons (Fsp3) is 0.429. The summed E-state index contributed by atoms with van der Waals surface area (Å²) >= 11 is 0. The molecule has 1 atom stereocenters.